The molecule has 1 aliphatic heterocycles. The summed E-state index contributed by atoms with van der Waals surface area (Å²) in [6.07, 6.45) is 3.94. The van der Waals surface area contributed by atoms with Crippen molar-refractivity contribution < 1.29 is 23.9 Å². The average Bonchev–Trinajstić information content (AvgIpc) is 3.39. The van der Waals surface area contributed by atoms with Crippen LogP contribution in [0.15, 0.2) is 36.7 Å². The number of hydrogen-bond acceptors (Lipinski definition) is 5. The monoisotopic (exact) mass is 429 g/mol. The van der Waals surface area contributed by atoms with E-state index in [0.717, 1.165) is 5.82 Å². The first-order valence-corrected chi connectivity index (χ1v) is 10.2. The summed E-state index contributed by atoms with van der Waals surface area (Å²) >= 11 is 0. The fourth-order valence-electron chi connectivity index (χ4n) is 4.49. The third kappa shape index (κ3) is 3.90. The SMILES string of the molecule is Cc1nccn1[C@@H]1CC[C@@H](NC(=O)CCC2(c3ccc(F)cc3)NC(=O)NC2=O)[C@H]1O. The molecule has 2 fully saturated rings. The molecule has 4 N–H and O–H groups in total. The van der Waals surface area contributed by atoms with Gasteiger partial charge >= 0.3 is 6.03 Å². The molecule has 4 rings (SSSR count). The highest BCUT2D eigenvalue weighted by Gasteiger charge is 2.48. The standard InChI is InChI=1S/C21H24FN5O4/c1-12-23-10-11-27(12)16-7-6-15(18(16)29)24-17(28)8-9-21(19(30)25-20(31)26-21)13-2-4-14(22)5-3-13/h2-5,10-11,15-16,18,29H,6-9H2,1H3,(H,24,28)(H2,25,26,30,31)/t15-,16-,18-,21?/m1/s1. The quantitative estimate of drug-likeness (QED) is 0.511. The normalized spacial score (nSPS) is 27.8. The van der Waals surface area contributed by atoms with Gasteiger partial charge in [0, 0.05) is 18.8 Å². The molecular formula is C21H24FN5O4. The summed E-state index contributed by atoms with van der Waals surface area (Å²) in [5.41, 5.74) is -1.06. The van der Waals surface area contributed by atoms with Crippen molar-refractivity contribution in [3.05, 3.63) is 53.9 Å². The summed E-state index contributed by atoms with van der Waals surface area (Å²) in [5, 5.41) is 18.3. The van der Waals surface area contributed by atoms with Crippen molar-refractivity contribution in [2.24, 2.45) is 0 Å². The van der Waals surface area contributed by atoms with Gasteiger partial charge in [-0.1, -0.05) is 12.1 Å². The second-order valence-electron chi connectivity index (χ2n) is 8.01. The summed E-state index contributed by atoms with van der Waals surface area (Å²) < 4.78 is 15.2. The van der Waals surface area contributed by atoms with Gasteiger partial charge in [0.2, 0.25) is 5.91 Å². The Balaban J connectivity index is 1.42. The fraction of sp³-hybridized carbons (Fsp3) is 0.429. The maximum atomic E-state index is 13.3. The largest absolute Gasteiger partial charge is 0.389 e. The van der Waals surface area contributed by atoms with Gasteiger partial charge in [-0.3, -0.25) is 14.9 Å². The van der Waals surface area contributed by atoms with Gasteiger partial charge in [0.05, 0.1) is 18.2 Å². The van der Waals surface area contributed by atoms with E-state index in [4.69, 9.17) is 0 Å². The van der Waals surface area contributed by atoms with Crippen LogP contribution in [0.5, 0.6) is 0 Å². The van der Waals surface area contributed by atoms with E-state index in [-0.39, 0.29) is 24.8 Å². The minimum Gasteiger partial charge on any atom is -0.389 e. The highest BCUT2D eigenvalue weighted by atomic mass is 19.1. The zero-order valence-corrected chi connectivity index (χ0v) is 17.0. The van der Waals surface area contributed by atoms with E-state index >= 15 is 0 Å². The smallest absolute Gasteiger partial charge is 0.322 e. The third-order valence-corrected chi connectivity index (χ3v) is 6.15. The number of aromatic nitrogens is 2. The maximum Gasteiger partial charge on any atom is 0.322 e. The molecule has 1 saturated heterocycles. The molecule has 0 bridgehead atoms. The zero-order chi connectivity index (χ0) is 22.2. The first kappa shape index (κ1) is 21.0. The minimum atomic E-state index is -1.45. The number of aliphatic hydroxyl groups is 1. The Hall–Kier alpha value is -3.27. The van der Waals surface area contributed by atoms with E-state index in [2.05, 4.69) is 20.9 Å². The second kappa shape index (κ2) is 8.10. The molecule has 4 amide bonds. The van der Waals surface area contributed by atoms with Crippen LogP contribution in [0.25, 0.3) is 0 Å². The first-order valence-electron chi connectivity index (χ1n) is 10.2. The van der Waals surface area contributed by atoms with Gasteiger partial charge < -0.3 is 20.3 Å². The van der Waals surface area contributed by atoms with E-state index in [1.54, 1.807) is 12.4 Å². The number of hydrogen-bond donors (Lipinski definition) is 4. The van der Waals surface area contributed by atoms with Crippen molar-refractivity contribution in [2.45, 2.75) is 56.3 Å². The molecule has 1 aromatic heterocycles. The molecule has 4 atom stereocenters. The number of imidazole rings is 1. The molecule has 10 heteroatoms. The molecule has 1 unspecified atom stereocenters. The van der Waals surface area contributed by atoms with Crippen molar-refractivity contribution >= 4 is 17.8 Å². The Labute approximate surface area is 178 Å². The Kier molecular flexibility index (Phi) is 5.48. The first-order chi connectivity index (χ1) is 14.8. The number of halogens is 1. The van der Waals surface area contributed by atoms with E-state index in [1.807, 2.05) is 11.5 Å². The molecule has 31 heavy (non-hydrogen) atoms. The van der Waals surface area contributed by atoms with Crippen molar-refractivity contribution in [1.82, 2.24) is 25.5 Å². The Bertz CT molecular complexity index is 1010. The summed E-state index contributed by atoms with van der Waals surface area (Å²) in [5.74, 6) is -0.615. The van der Waals surface area contributed by atoms with E-state index in [0.29, 0.717) is 18.4 Å². The van der Waals surface area contributed by atoms with Crippen LogP contribution in [0, 0.1) is 12.7 Å². The second-order valence-corrected chi connectivity index (χ2v) is 8.01. The van der Waals surface area contributed by atoms with Gasteiger partial charge in [-0.2, -0.15) is 0 Å². The van der Waals surface area contributed by atoms with Gasteiger partial charge in [0.15, 0.2) is 0 Å². The van der Waals surface area contributed by atoms with Gasteiger partial charge in [-0.25, -0.2) is 14.2 Å². The highest BCUT2D eigenvalue weighted by molar-refractivity contribution is 6.07. The van der Waals surface area contributed by atoms with Crippen LogP contribution < -0.4 is 16.0 Å². The molecule has 1 aromatic carbocycles. The molecule has 2 heterocycles. The molecular weight excluding hydrogens is 405 g/mol. The van der Waals surface area contributed by atoms with E-state index in [9.17, 15) is 23.9 Å². The molecule has 1 aliphatic carbocycles. The Morgan fingerprint density at radius 2 is 2.06 bits per heavy atom. The van der Waals surface area contributed by atoms with Crippen LogP contribution in [0.1, 0.15) is 43.1 Å². The van der Waals surface area contributed by atoms with Crippen molar-refractivity contribution in [2.75, 3.05) is 0 Å². The molecule has 9 nitrogen and oxygen atoms in total. The fourth-order valence-corrected chi connectivity index (χ4v) is 4.49. The van der Waals surface area contributed by atoms with Crippen LogP contribution in [0.3, 0.4) is 0 Å². The number of aliphatic hydroxyl groups excluding tert-OH is 1. The molecule has 2 aliphatic rings. The number of nitrogens with zero attached hydrogens (tertiary/aromatic N) is 2. The van der Waals surface area contributed by atoms with Crippen LogP contribution in [0.2, 0.25) is 0 Å². The molecule has 0 radical (unpaired) electrons. The number of rotatable bonds is 6. The zero-order valence-electron chi connectivity index (χ0n) is 17.0. The van der Waals surface area contributed by atoms with Gasteiger partial charge in [0.1, 0.15) is 17.2 Å². The van der Waals surface area contributed by atoms with Crippen LogP contribution in [-0.4, -0.2) is 44.6 Å². The van der Waals surface area contributed by atoms with Gasteiger partial charge in [-0.15, -0.1) is 0 Å². The summed E-state index contributed by atoms with van der Waals surface area (Å²) in [4.78, 5) is 41.1. The van der Waals surface area contributed by atoms with Crippen molar-refractivity contribution in [1.29, 1.82) is 0 Å². The predicted octanol–water partition coefficient (Wildman–Crippen LogP) is 1.03. The number of aryl methyl sites for hydroxylation is 1. The van der Waals surface area contributed by atoms with Crippen molar-refractivity contribution in [3.63, 3.8) is 0 Å². The molecule has 1 saturated carbocycles. The topological polar surface area (TPSA) is 125 Å². The molecule has 0 spiro atoms. The number of urea groups is 1. The lowest BCUT2D eigenvalue weighted by Crippen LogP contribution is -2.46. The lowest BCUT2D eigenvalue weighted by molar-refractivity contribution is -0.126. The van der Waals surface area contributed by atoms with E-state index < -0.39 is 35.4 Å². The number of carbonyl (C=O) groups is 3. The summed E-state index contributed by atoms with van der Waals surface area (Å²) in [7, 11) is 0. The minimum absolute atomic E-state index is 0.00505. The number of benzene rings is 1. The average molecular weight is 429 g/mol. The predicted molar refractivity (Wildman–Crippen MR) is 107 cm³/mol. The van der Waals surface area contributed by atoms with Gasteiger partial charge in [-0.05, 0) is 43.9 Å². The number of nitrogens with one attached hydrogen (secondary N) is 3. The van der Waals surface area contributed by atoms with E-state index in [1.165, 1.54) is 24.3 Å². The summed E-state index contributed by atoms with van der Waals surface area (Å²) in [6, 6.07) is 3.96. The van der Waals surface area contributed by atoms with Crippen LogP contribution >= 0.6 is 0 Å². The third-order valence-electron chi connectivity index (χ3n) is 6.15. The van der Waals surface area contributed by atoms with Crippen molar-refractivity contribution in [3.8, 4) is 0 Å². The van der Waals surface area contributed by atoms with Crippen LogP contribution in [-0.2, 0) is 15.1 Å². The van der Waals surface area contributed by atoms with Gasteiger partial charge in [0.25, 0.3) is 5.91 Å². The lowest BCUT2D eigenvalue weighted by atomic mass is 9.85. The summed E-state index contributed by atoms with van der Waals surface area (Å²) in [6.45, 7) is 1.86. The number of carbonyl (C=O) groups excluding carboxylic acids is 3. The molecule has 164 valence electrons. The number of imide groups is 1. The highest BCUT2D eigenvalue weighted by Crippen LogP contribution is 2.33. The Morgan fingerprint density at radius 3 is 2.68 bits per heavy atom. The maximum absolute atomic E-state index is 13.3. The molecule has 2 aromatic rings. The Morgan fingerprint density at radius 1 is 1.32 bits per heavy atom. The number of amides is 4. The lowest BCUT2D eigenvalue weighted by Gasteiger charge is -2.27. The van der Waals surface area contributed by atoms with Crippen LogP contribution in [0.4, 0.5) is 9.18 Å².